The van der Waals surface area contributed by atoms with Gasteiger partial charge in [0.05, 0.1) is 0 Å². The molecule has 0 saturated heterocycles. The number of rotatable bonds is 4. The Morgan fingerprint density at radius 1 is 0.306 bits per heavy atom. The molecule has 0 saturated carbocycles. The van der Waals surface area contributed by atoms with Crippen molar-refractivity contribution in [3.63, 3.8) is 0 Å². The molecular weight excluding hydrogens is 600 g/mol. The van der Waals surface area contributed by atoms with Crippen molar-refractivity contribution in [3.8, 4) is 0 Å². The molecule has 3 unspecified atom stereocenters. The molecule has 0 aliphatic heterocycles. The number of hydrogen-bond donors (Lipinski definition) is 0. The van der Waals surface area contributed by atoms with E-state index in [1.807, 2.05) is 0 Å². The molecule has 0 spiro atoms. The highest BCUT2D eigenvalue weighted by atomic mass is 19.4. The van der Waals surface area contributed by atoms with E-state index in [0.717, 1.165) is 0 Å². The highest BCUT2D eigenvalue weighted by Gasteiger charge is 2.80. The van der Waals surface area contributed by atoms with Gasteiger partial charge in [-0.2, -0.15) is 87.8 Å². The average Bonchev–Trinajstić information content (AvgIpc) is 2.53. The third kappa shape index (κ3) is 7.91. The van der Waals surface area contributed by atoms with Gasteiger partial charge in [0, 0.05) is 0 Å². The summed E-state index contributed by atoms with van der Waals surface area (Å²) >= 11 is 0. The second-order valence-corrected chi connectivity index (χ2v) is 6.14. The summed E-state index contributed by atoms with van der Waals surface area (Å²) in [6, 6.07) is 0. The Labute approximate surface area is 180 Å². The van der Waals surface area contributed by atoms with Crippen LogP contribution >= 0.6 is 0 Å². The summed E-state index contributed by atoms with van der Waals surface area (Å²) < 4.78 is 284. The van der Waals surface area contributed by atoms with E-state index < -0.39 is 73.1 Å². The van der Waals surface area contributed by atoms with E-state index in [9.17, 15) is 105 Å². The molecule has 0 amide bonds. The normalized spacial score (nSPS) is 17.9. The molecule has 0 aliphatic rings. The van der Waals surface area contributed by atoms with Gasteiger partial charge >= 0.3 is 48.6 Å². The van der Waals surface area contributed by atoms with Crippen LogP contribution < -0.4 is 0 Å². The zero-order chi connectivity index (χ0) is 30.3. The van der Waals surface area contributed by atoms with Gasteiger partial charge in [0.15, 0.2) is 18.3 Å². The maximum absolute atomic E-state index is 12.6. The highest BCUT2D eigenvalue weighted by Crippen LogP contribution is 2.52. The van der Waals surface area contributed by atoms with E-state index in [1.54, 1.807) is 0 Å². The van der Waals surface area contributed by atoms with Crippen LogP contribution in [0.5, 0.6) is 0 Å². The molecule has 220 valence electrons. The third-order valence-corrected chi connectivity index (χ3v) is 3.50. The average molecular weight is 604 g/mol. The quantitative estimate of drug-likeness (QED) is 0.284. The fourth-order valence-corrected chi connectivity index (χ4v) is 1.72. The molecule has 0 rings (SSSR count). The predicted molar refractivity (Wildman–Crippen MR) is 63.3 cm³/mol. The SMILES string of the molecule is FC(C(C(F)(F)F)C(F)(F)F)C(F)(F)C(F)(F)F.FC(C(F)C(F)(C(F)(F)F)C(F)(F)F)C(F)(F)F. The summed E-state index contributed by atoms with van der Waals surface area (Å²) in [6.07, 6.45) is -57.0. The second-order valence-electron chi connectivity index (χ2n) is 6.14. The molecule has 3 atom stereocenters. The van der Waals surface area contributed by atoms with Crippen LogP contribution in [0.25, 0.3) is 0 Å². The molecule has 24 heteroatoms. The molecule has 0 aromatic heterocycles. The maximum atomic E-state index is 12.6. The van der Waals surface area contributed by atoms with E-state index >= 15 is 0 Å². The highest BCUT2D eigenvalue weighted by molar-refractivity contribution is 5.04. The van der Waals surface area contributed by atoms with Crippen molar-refractivity contribution in [3.05, 3.63) is 0 Å². The lowest BCUT2D eigenvalue weighted by molar-refractivity contribution is -0.370. The minimum Gasteiger partial charge on any atom is -0.240 e. The molecule has 0 fully saturated rings. The van der Waals surface area contributed by atoms with Gasteiger partial charge in [-0.15, -0.1) is 0 Å². The fourth-order valence-electron chi connectivity index (χ4n) is 1.72. The smallest absolute Gasteiger partial charge is 0.240 e. The van der Waals surface area contributed by atoms with E-state index in [-0.39, 0.29) is 0 Å². The molecule has 0 aromatic carbocycles. The molecule has 0 radical (unpaired) electrons. The molecule has 0 bridgehead atoms. The summed E-state index contributed by atoms with van der Waals surface area (Å²) in [5.74, 6) is -12.2. The maximum Gasteiger partial charge on any atom is 0.456 e. The number of halogens is 24. The molecule has 36 heavy (non-hydrogen) atoms. The van der Waals surface area contributed by atoms with Gasteiger partial charge in [-0.1, -0.05) is 0 Å². The standard InChI is InChI=1S/2C6H2F12/c7-2(3(8,9)6(16,17)18)1(4(10,11)12)5(13,14)15;7-1(2(8)4(10,11)12)3(9,5(13,14)15)6(16,17)18/h2*1-2H. The van der Waals surface area contributed by atoms with Crippen LogP contribution in [-0.4, -0.2) is 67.2 Å². The van der Waals surface area contributed by atoms with Crippen LogP contribution in [0.15, 0.2) is 0 Å². The Hall–Kier alpha value is -1.68. The fraction of sp³-hybridized carbons (Fsp3) is 1.00. The second kappa shape index (κ2) is 10.2. The summed E-state index contributed by atoms with van der Waals surface area (Å²) in [5, 5.41) is 0. The van der Waals surface area contributed by atoms with E-state index in [1.165, 1.54) is 0 Å². The Morgan fingerprint density at radius 3 is 0.750 bits per heavy atom. The Morgan fingerprint density at radius 2 is 0.583 bits per heavy atom. The predicted octanol–water partition coefficient (Wildman–Crippen LogP) is 8.32. The van der Waals surface area contributed by atoms with E-state index in [4.69, 9.17) is 0 Å². The molecule has 0 heterocycles. The van der Waals surface area contributed by atoms with Gasteiger partial charge in [-0.05, 0) is 0 Å². The van der Waals surface area contributed by atoms with Gasteiger partial charge in [0.1, 0.15) is 0 Å². The van der Waals surface area contributed by atoms with Crippen molar-refractivity contribution in [1.29, 1.82) is 0 Å². The van der Waals surface area contributed by atoms with E-state index in [0.29, 0.717) is 0 Å². The van der Waals surface area contributed by atoms with Gasteiger partial charge in [0.2, 0.25) is 6.17 Å². The Kier molecular flexibility index (Phi) is 10.4. The van der Waals surface area contributed by atoms with Crippen molar-refractivity contribution in [1.82, 2.24) is 0 Å². The van der Waals surface area contributed by atoms with E-state index in [2.05, 4.69) is 0 Å². The number of alkyl halides is 24. The van der Waals surface area contributed by atoms with Crippen LogP contribution in [0, 0.1) is 5.92 Å². The van der Waals surface area contributed by atoms with Crippen molar-refractivity contribution in [2.45, 2.75) is 67.2 Å². The Bertz CT molecular complexity index is 651. The lowest BCUT2D eigenvalue weighted by Crippen LogP contribution is -2.63. The summed E-state index contributed by atoms with van der Waals surface area (Å²) in [4.78, 5) is 0. The minimum atomic E-state index is -7.10. The van der Waals surface area contributed by atoms with Crippen molar-refractivity contribution in [2.75, 3.05) is 0 Å². The lowest BCUT2D eigenvalue weighted by atomic mass is 9.94. The molecule has 0 aliphatic carbocycles. The van der Waals surface area contributed by atoms with Crippen LogP contribution in [0.1, 0.15) is 0 Å². The van der Waals surface area contributed by atoms with Crippen molar-refractivity contribution in [2.24, 2.45) is 5.92 Å². The summed E-state index contributed by atoms with van der Waals surface area (Å²) in [5.41, 5.74) is -6.95. The summed E-state index contributed by atoms with van der Waals surface area (Å²) in [6.45, 7) is 0. The zero-order valence-corrected chi connectivity index (χ0v) is 15.4. The van der Waals surface area contributed by atoms with Crippen LogP contribution in [0.4, 0.5) is 105 Å². The summed E-state index contributed by atoms with van der Waals surface area (Å²) in [7, 11) is 0. The molecule has 0 nitrogen and oxygen atoms in total. The van der Waals surface area contributed by atoms with Gasteiger partial charge in [-0.3, -0.25) is 0 Å². The first-order chi connectivity index (χ1) is 15.1. The molecule has 0 aromatic rings. The van der Waals surface area contributed by atoms with Crippen LogP contribution in [0.3, 0.4) is 0 Å². The van der Waals surface area contributed by atoms with Gasteiger partial charge in [0.25, 0.3) is 0 Å². The molecular formula is C12H4F24. The Balaban J connectivity index is 0. The topological polar surface area (TPSA) is 0 Å². The van der Waals surface area contributed by atoms with Gasteiger partial charge in [-0.25, -0.2) is 17.6 Å². The third-order valence-electron chi connectivity index (χ3n) is 3.50. The molecule has 0 N–H and O–H groups in total. The van der Waals surface area contributed by atoms with Crippen LogP contribution in [0.2, 0.25) is 0 Å². The first-order valence-corrected chi connectivity index (χ1v) is 7.48. The largest absolute Gasteiger partial charge is 0.456 e. The van der Waals surface area contributed by atoms with Crippen molar-refractivity contribution < 1.29 is 105 Å². The van der Waals surface area contributed by atoms with Crippen molar-refractivity contribution >= 4 is 0 Å². The zero-order valence-electron chi connectivity index (χ0n) is 15.4. The first kappa shape index (κ1) is 36.5. The first-order valence-electron chi connectivity index (χ1n) is 7.48. The lowest BCUT2D eigenvalue weighted by Gasteiger charge is -2.34. The minimum absolute atomic E-state index is 5.27. The monoisotopic (exact) mass is 604 g/mol. The number of hydrogen-bond acceptors (Lipinski definition) is 0. The van der Waals surface area contributed by atoms with Crippen LogP contribution in [-0.2, 0) is 0 Å². The van der Waals surface area contributed by atoms with Gasteiger partial charge < -0.3 is 0 Å².